The number of anilines is 1. The van der Waals surface area contributed by atoms with Crippen LogP contribution in [0.1, 0.15) is 30.4 Å². The highest BCUT2D eigenvalue weighted by Gasteiger charge is 2.43. The van der Waals surface area contributed by atoms with Crippen LogP contribution in [0.25, 0.3) is 10.8 Å². The van der Waals surface area contributed by atoms with E-state index < -0.39 is 33.8 Å². The van der Waals surface area contributed by atoms with Crippen molar-refractivity contribution in [1.29, 1.82) is 0 Å². The molecule has 7 heteroatoms. The summed E-state index contributed by atoms with van der Waals surface area (Å²) < 4.78 is 42.6. The highest BCUT2D eigenvalue weighted by atomic mass is 32.2. The molecule has 150 valence electrons. The SMILES string of the molecule is Cc1ccc(S(=O)(=O)N2c3ccc(F)cc3C(CC(=O)O)C2C)c2ccccc12. The Balaban J connectivity index is 1.93. The van der Waals surface area contributed by atoms with E-state index in [1.165, 1.54) is 22.5 Å². The number of hydrogen-bond acceptors (Lipinski definition) is 3. The van der Waals surface area contributed by atoms with Crippen molar-refractivity contribution in [2.75, 3.05) is 4.31 Å². The van der Waals surface area contributed by atoms with Gasteiger partial charge < -0.3 is 5.11 Å². The van der Waals surface area contributed by atoms with E-state index in [9.17, 15) is 22.7 Å². The smallest absolute Gasteiger partial charge is 0.304 e. The van der Waals surface area contributed by atoms with Crippen LogP contribution in [-0.2, 0) is 14.8 Å². The molecular weight excluding hydrogens is 393 g/mol. The number of halogens is 1. The van der Waals surface area contributed by atoms with Gasteiger partial charge in [-0.1, -0.05) is 30.3 Å². The highest BCUT2D eigenvalue weighted by molar-refractivity contribution is 7.93. The Labute approximate surface area is 168 Å². The molecule has 2 unspecified atom stereocenters. The fourth-order valence-electron chi connectivity index (χ4n) is 4.24. The number of benzene rings is 3. The molecule has 0 aromatic heterocycles. The number of hydrogen-bond donors (Lipinski definition) is 1. The first-order valence-electron chi connectivity index (χ1n) is 9.26. The molecule has 0 amide bonds. The van der Waals surface area contributed by atoms with Crippen molar-refractivity contribution in [1.82, 2.24) is 0 Å². The highest BCUT2D eigenvalue weighted by Crippen LogP contribution is 2.46. The van der Waals surface area contributed by atoms with Crippen molar-refractivity contribution in [2.24, 2.45) is 0 Å². The third-order valence-corrected chi connectivity index (χ3v) is 7.57. The lowest BCUT2D eigenvalue weighted by Gasteiger charge is -2.27. The molecular formula is C22H20FNO4S. The number of carboxylic acid groups (broad SMARTS) is 1. The van der Waals surface area contributed by atoms with Crippen LogP contribution < -0.4 is 4.31 Å². The first-order chi connectivity index (χ1) is 13.7. The maximum Gasteiger partial charge on any atom is 0.304 e. The summed E-state index contributed by atoms with van der Waals surface area (Å²) in [5, 5.41) is 10.7. The van der Waals surface area contributed by atoms with Gasteiger partial charge in [0.05, 0.1) is 23.0 Å². The third-order valence-electron chi connectivity index (χ3n) is 5.61. The van der Waals surface area contributed by atoms with Crippen LogP contribution in [0.4, 0.5) is 10.1 Å². The standard InChI is InChI=1S/C22H20FNO4S/c1-13-7-10-21(17-6-4-3-5-16(13)17)29(27,28)24-14(2)18(12-22(25)26)19-11-15(23)8-9-20(19)24/h3-11,14,18H,12H2,1-2H3,(H,25,26). The number of rotatable bonds is 4. The summed E-state index contributed by atoms with van der Waals surface area (Å²) >= 11 is 0. The Morgan fingerprint density at radius 2 is 1.79 bits per heavy atom. The molecule has 2 atom stereocenters. The molecule has 1 heterocycles. The number of fused-ring (bicyclic) bond motifs is 2. The predicted molar refractivity (Wildman–Crippen MR) is 109 cm³/mol. The van der Waals surface area contributed by atoms with E-state index >= 15 is 0 Å². The Hall–Kier alpha value is -2.93. The van der Waals surface area contributed by atoms with Crippen LogP contribution in [-0.4, -0.2) is 25.5 Å². The number of nitrogens with zero attached hydrogens (tertiary/aromatic N) is 1. The maximum atomic E-state index is 13.9. The minimum absolute atomic E-state index is 0.150. The molecule has 1 N–H and O–H groups in total. The summed E-state index contributed by atoms with van der Waals surface area (Å²) in [6, 6.07) is 13.8. The summed E-state index contributed by atoms with van der Waals surface area (Å²) in [7, 11) is -4.01. The molecule has 0 spiro atoms. The van der Waals surface area contributed by atoms with Crippen LogP contribution in [0.15, 0.2) is 59.5 Å². The van der Waals surface area contributed by atoms with Gasteiger partial charge in [0.1, 0.15) is 5.82 Å². The minimum Gasteiger partial charge on any atom is -0.481 e. The van der Waals surface area contributed by atoms with E-state index in [1.807, 2.05) is 19.1 Å². The quantitative estimate of drug-likeness (QED) is 0.686. The van der Waals surface area contributed by atoms with Gasteiger partial charge in [-0.2, -0.15) is 0 Å². The van der Waals surface area contributed by atoms with Crippen molar-refractivity contribution in [3.05, 3.63) is 71.5 Å². The van der Waals surface area contributed by atoms with E-state index in [0.717, 1.165) is 10.9 Å². The van der Waals surface area contributed by atoms with Crippen molar-refractivity contribution in [3.8, 4) is 0 Å². The lowest BCUT2D eigenvalue weighted by molar-refractivity contribution is -0.137. The van der Waals surface area contributed by atoms with Crippen LogP contribution >= 0.6 is 0 Å². The van der Waals surface area contributed by atoms with E-state index in [-0.39, 0.29) is 11.3 Å². The second kappa shape index (κ2) is 6.84. The first-order valence-corrected chi connectivity index (χ1v) is 10.7. The Morgan fingerprint density at radius 1 is 1.10 bits per heavy atom. The molecule has 0 fully saturated rings. The second-order valence-electron chi connectivity index (χ2n) is 7.38. The molecule has 3 aromatic rings. The maximum absolute atomic E-state index is 13.9. The number of carboxylic acids is 1. The molecule has 0 saturated carbocycles. The molecule has 4 rings (SSSR count). The fourth-order valence-corrected chi connectivity index (χ4v) is 6.15. The largest absolute Gasteiger partial charge is 0.481 e. The summed E-state index contributed by atoms with van der Waals surface area (Å²) in [5.74, 6) is -2.21. The van der Waals surface area contributed by atoms with Gasteiger partial charge in [-0.3, -0.25) is 9.10 Å². The van der Waals surface area contributed by atoms with Gasteiger partial charge in [-0.25, -0.2) is 12.8 Å². The number of aliphatic carboxylic acids is 1. The Kier molecular flexibility index (Phi) is 4.58. The van der Waals surface area contributed by atoms with E-state index in [0.29, 0.717) is 16.6 Å². The molecule has 0 bridgehead atoms. The molecule has 3 aromatic carbocycles. The van der Waals surface area contributed by atoms with E-state index in [1.54, 1.807) is 31.2 Å². The molecule has 1 aliphatic rings. The van der Waals surface area contributed by atoms with Crippen molar-refractivity contribution in [2.45, 2.75) is 37.1 Å². The van der Waals surface area contributed by atoms with E-state index in [2.05, 4.69) is 0 Å². The Bertz CT molecular complexity index is 1240. The molecule has 0 aliphatic carbocycles. The molecule has 5 nitrogen and oxygen atoms in total. The van der Waals surface area contributed by atoms with Gasteiger partial charge in [0.25, 0.3) is 10.0 Å². The van der Waals surface area contributed by atoms with Gasteiger partial charge in [0.15, 0.2) is 0 Å². The topological polar surface area (TPSA) is 74.7 Å². The van der Waals surface area contributed by atoms with Crippen molar-refractivity contribution >= 4 is 32.5 Å². The van der Waals surface area contributed by atoms with Gasteiger partial charge >= 0.3 is 5.97 Å². The lowest BCUT2D eigenvalue weighted by Crippen LogP contribution is -2.37. The lowest BCUT2D eigenvalue weighted by atomic mass is 9.93. The summed E-state index contributed by atoms with van der Waals surface area (Å²) in [5.41, 5.74) is 1.69. The minimum atomic E-state index is -4.01. The van der Waals surface area contributed by atoms with Gasteiger partial charge in [0.2, 0.25) is 0 Å². The summed E-state index contributed by atoms with van der Waals surface area (Å²) in [4.78, 5) is 11.5. The van der Waals surface area contributed by atoms with Crippen LogP contribution in [0.5, 0.6) is 0 Å². The number of carbonyl (C=O) groups is 1. The number of aryl methyl sites for hydroxylation is 1. The van der Waals surface area contributed by atoms with E-state index in [4.69, 9.17) is 0 Å². The van der Waals surface area contributed by atoms with Crippen LogP contribution in [0.3, 0.4) is 0 Å². The van der Waals surface area contributed by atoms with Crippen molar-refractivity contribution in [3.63, 3.8) is 0 Å². The predicted octanol–water partition coefficient (Wildman–Crippen LogP) is 4.44. The van der Waals surface area contributed by atoms with Gasteiger partial charge in [0, 0.05) is 11.3 Å². The average Bonchev–Trinajstić information content (AvgIpc) is 2.93. The zero-order valence-electron chi connectivity index (χ0n) is 16.0. The van der Waals surface area contributed by atoms with Crippen LogP contribution in [0, 0.1) is 12.7 Å². The van der Waals surface area contributed by atoms with Gasteiger partial charge in [-0.05, 0) is 54.6 Å². The summed E-state index contributed by atoms with van der Waals surface area (Å²) in [6.07, 6.45) is -0.279. The number of sulfonamides is 1. The Morgan fingerprint density at radius 3 is 2.48 bits per heavy atom. The second-order valence-corrected chi connectivity index (χ2v) is 9.16. The van der Waals surface area contributed by atoms with Gasteiger partial charge in [-0.15, -0.1) is 0 Å². The first kappa shape index (κ1) is 19.4. The molecule has 1 aliphatic heterocycles. The monoisotopic (exact) mass is 413 g/mol. The zero-order chi connectivity index (χ0) is 20.9. The molecule has 29 heavy (non-hydrogen) atoms. The van der Waals surface area contributed by atoms with Crippen LogP contribution in [0.2, 0.25) is 0 Å². The fraction of sp³-hybridized carbons (Fsp3) is 0.227. The van der Waals surface area contributed by atoms with Crippen molar-refractivity contribution < 1.29 is 22.7 Å². The zero-order valence-corrected chi connectivity index (χ0v) is 16.8. The molecule has 0 saturated heterocycles. The third kappa shape index (κ3) is 3.06. The molecule has 0 radical (unpaired) electrons. The average molecular weight is 413 g/mol. The normalized spacial score (nSPS) is 18.8. The summed E-state index contributed by atoms with van der Waals surface area (Å²) in [6.45, 7) is 3.58.